The van der Waals surface area contributed by atoms with Crippen molar-refractivity contribution in [2.45, 2.75) is 12.2 Å². The van der Waals surface area contributed by atoms with E-state index in [0.29, 0.717) is 22.7 Å². The lowest BCUT2D eigenvalue weighted by atomic mass is 10.1. The van der Waals surface area contributed by atoms with Crippen LogP contribution in [0.4, 0.5) is 4.79 Å². The van der Waals surface area contributed by atoms with Crippen LogP contribution in [-0.2, 0) is 12.2 Å². The first kappa shape index (κ1) is 26.3. The van der Waals surface area contributed by atoms with E-state index in [1.807, 2.05) is 46.4 Å². The molecule has 1 aliphatic rings. The fourth-order valence-corrected chi connectivity index (χ4v) is 6.80. The van der Waals surface area contributed by atoms with Gasteiger partial charge < -0.3 is 5.11 Å². The molecular formula is C26H23N3O3S4. The summed E-state index contributed by atoms with van der Waals surface area (Å²) in [6.45, 7) is 2.14. The highest BCUT2D eigenvalue weighted by atomic mass is 32.2. The van der Waals surface area contributed by atoms with Crippen LogP contribution in [0.15, 0.2) is 47.8 Å². The number of amides is 1. The lowest BCUT2D eigenvalue weighted by molar-refractivity contribution is 0.0349. The minimum Gasteiger partial charge on any atom is -0.477 e. The Hall–Kier alpha value is -2.73. The van der Waals surface area contributed by atoms with E-state index >= 15 is 0 Å². The number of nitrogens with zero attached hydrogens (tertiary/aromatic N) is 3. The molecule has 0 bridgehead atoms. The normalized spacial score (nSPS) is 13.8. The Morgan fingerprint density at radius 1 is 1.17 bits per heavy atom. The van der Waals surface area contributed by atoms with Crippen molar-refractivity contribution in [2.24, 2.45) is 0 Å². The number of carboxylic acids is 1. The van der Waals surface area contributed by atoms with Gasteiger partial charge in [-0.15, -0.1) is 22.7 Å². The van der Waals surface area contributed by atoms with Gasteiger partial charge >= 0.3 is 5.97 Å². The van der Waals surface area contributed by atoms with Crippen molar-refractivity contribution in [1.29, 1.82) is 5.26 Å². The molecule has 1 aromatic carbocycles. The summed E-state index contributed by atoms with van der Waals surface area (Å²) < 4.78 is 0. The van der Waals surface area contributed by atoms with Gasteiger partial charge in [0.15, 0.2) is 0 Å². The molecule has 10 heteroatoms. The predicted molar refractivity (Wildman–Crippen MR) is 149 cm³/mol. The number of hydrogen-bond acceptors (Lipinski definition) is 8. The molecule has 4 rings (SSSR count). The van der Waals surface area contributed by atoms with Crippen LogP contribution in [0.2, 0.25) is 0 Å². The van der Waals surface area contributed by atoms with Crippen LogP contribution in [0.3, 0.4) is 0 Å². The summed E-state index contributed by atoms with van der Waals surface area (Å²) >= 11 is 5.82. The average molecular weight is 554 g/mol. The van der Waals surface area contributed by atoms with Crippen molar-refractivity contribution in [3.05, 3.63) is 79.2 Å². The van der Waals surface area contributed by atoms with Crippen LogP contribution >= 0.6 is 46.2 Å². The second-order valence-corrected chi connectivity index (χ2v) is 12.0. The lowest BCUT2D eigenvalue weighted by Crippen LogP contribution is -2.51. The van der Waals surface area contributed by atoms with Gasteiger partial charge in [0.25, 0.3) is 5.24 Å². The molecule has 1 aliphatic heterocycles. The van der Waals surface area contributed by atoms with E-state index in [2.05, 4.69) is 35.1 Å². The van der Waals surface area contributed by atoms with E-state index in [1.165, 1.54) is 40.0 Å². The first-order chi connectivity index (χ1) is 17.5. The zero-order chi connectivity index (χ0) is 25.3. The quantitative estimate of drug-likeness (QED) is 0.271. The smallest absolute Gasteiger partial charge is 0.345 e. The number of carbonyl (C=O) groups is 2. The van der Waals surface area contributed by atoms with Crippen molar-refractivity contribution < 1.29 is 14.7 Å². The Morgan fingerprint density at radius 2 is 2.06 bits per heavy atom. The SMILES string of the molecule is N#Cc1sccc1C#Cc1cccc(CSCCN2CCSC(=O)N2CCc2ccc(C(=O)O)s2)c1. The van der Waals surface area contributed by atoms with Gasteiger partial charge in [0.05, 0.1) is 5.56 Å². The van der Waals surface area contributed by atoms with Crippen molar-refractivity contribution in [3.63, 3.8) is 0 Å². The molecule has 0 saturated carbocycles. The number of thioether (sulfide) groups is 2. The number of carbonyl (C=O) groups excluding carboxylic acids is 1. The number of carboxylic acid groups (broad SMARTS) is 1. The number of benzene rings is 1. The first-order valence-corrected chi connectivity index (χ1v) is 15.0. The molecule has 2 aromatic heterocycles. The summed E-state index contributed by atoms with van der Waals surface area (Å²) in [5.41, 5.74) is 2.88. The molecule has 6 nitrogen and oxygen atoms in total. The second-order valence-electron chi connectivity index (χ2n) is 7.79. The highest BCUT2D eigenvalue weighted by Crippen LogP contribution is 2.23. The third-order valence-corrected chi connectivity index (χ3v) is 9.17. The van der Waals surface area contributed by atoms with Gasteiger partial charge in [-0.3, -0.25) is 9.80 Å². The maximum absolute atomic E-state index is 12.5. The van der Waals surface area contributed by atoms with Crippen LogP contribution < -0.4 is 0 Å². The van der Waals surface area contributed by atoms with Crippen molar-refractivity contribution in [2.75, 3.05) is 31.1 Å². The van der Waals surface area contributed by atoms with Crippen LogP contribution in [0.5, 0.6) is 0 Å². The zero-order valence-corrected chi connectivity index (χ0v) is 22.6. The molecule has 1 fully saturated rings. The van der Waals surface area contributed by atoms with E-state index in [9.17, 15) is 9.59 Å². The van der Waals surface area contributed by atoms with Crippen molar-refractivity contribution in [1.82, 2.24) is 10.0 Å². The Labute approximate surface area is 226 Å². The lowest BCUT2D eigenvalue weighted by Gasteiger charge is -2.37. The molecule has 184 valence electrons. The van der Waals surface area contributed by atoms with Crippen LogP contribution in [0.1, 0.15) is 36.1 Å². The standard InChI is InChI=1S/C26H23N3O3S4/c27-17-24-21(9-13-34-24)5-4-19-2-1-3-20(16-19)18-33-14-11-28-12-15-35-26(32)29(28)10-8-22-6-7-23(36-22)25(30)31/h1-3,6-7,9,13,16H,8,10-12,14-15,18H2,(H,30,31). The molecule has 0 radical (unpaired) electrons. The fourth-order valence-electron chi connectivity index (χ4n) is 3.59. The monoisotopic (exact) mass is 553 g/mol. The second kappa shape index (κ2) is 13.0. The molecule has 1 amide bonds. The summed E-state index contributed by atoms with van der Waals surface area (Å²) in [4.78, 5) is 25.6. The summed E-state index contributed by atoms with van der Waals surface area (Å²) in [5, 5.41) is 24.1. The average Bonchev–Trinajstić information content (AvgIpc) is 3.55. The maximum Gasteiger partial charge on any atom is 0.345 e. The highest BCUT2D eigenvalue weighted by Gasteiger charge is 2.26. The van der Waals surface area contributed by atoms with Gasteiger partial charge in [0.2, 0.25) is 0 Å². The van der Waals surface area contributed by atoms with Crippen LogP contribution in [0.25, 0.3) is 0 Å². The summed E-state index contributed by atoms with van der Waals surface area (Å²) in [7, 11) is 0. The molecule has 1 saturated heterocycles. The third-order valence-electron chi connectivity index (χ3n) is 5.37. The Balaban J connectivity index is 1.27. The van der Waals surface area contributed by atoms with E-state index in [0.717, 1.165) is 46.4 Å². The van der Waals surface area contributed by atoms with E-state index in [-0.39, 0.29) is 5.24 Å². The summed E-state index contributed by atoms with van der Waals surface area (Å²) in [6, 6.07) is 15.6. The fraction of sp³-hybridized carbons (Fsp3) is 0.269. The van der Waals surface area contributed by atoms with Gasteiger partial charge in [-0.05, 0) is 41.3 Å². The van der Waals surface area contributed by atoms with Crippen molar-refractivity contribution in [3.8, 4) is 17.9 Å². The molecule has 0 atom stereocenters. The molecule has 1 N–H and O–H groups in total. The molecule has 0 spiro atoms. The molecule has 36 heavy (non-hydrogen) atoms. The molecule has 3 heterocycles. The Kier molecular flexibility index (Phi) is 9.51. The maximum atomic E-state index is 12.5. The van der Waals surface area contributed by atoms with Crippen molar-refractivity contribution >= 4 is 57.4 Å². The molecule has 3 aromatic rings. The third kappa shape index (κ3) is 7.16. The number of rotatable bonds is 9. The molecule has 0 unspecified atom stereocenters. The van der Waals surface area contributed by atoms with E-state index in [1.54, 1.807) is 6.07 Å². The number of aromatic carboxylic acids is 1. The molecule has 0 aliphatic carbocycles. The first-order valence-electron chi connectivity index (χ1n) is 11.2. The summed E-state index contributed by atoms with van der Waals surface area (Å²) in [5.74, 6) is 7.85. The zero-order valence-electron chi connectivity index (χ0n) is 19.3. The van der Waals surface area contributed by atoms with Gasteiger partial charge in [-0.25, -0.2) is 9.80 Å². The van der Waals surface area contributed by atoms with Crippen LogP contribution in [0, 0.1) is 23.2 Å². The Morgan fingerprint density at radius 3 is 2.86 bits per heavy atom. The van der Waals surface area contributed by atoms with E-state index in [4.69, 9.17) is 10.4 Å². The number of hydrazine groups is 1. The van der Waals surface area contributed by atoms with Gasteiger partial charge in [0, 0.05) is 53.8 Å². The van der Waals surface area contributed by atoms with Gasteiger partial charge in [-0.2, -0.15) is 17.0 Å². The van der Waals surface area contributed by atoms with Gasteiger partial charge in [0.1, 0.15) is 15.8 Å². The Bertz CT molecular complexity index is 1330. The highest BCUT2D eigenvalue weighted by molar-refractivity contribution is 8.13. The number of hydrogen-bond donors (Lipinski definition) is 1. The predicted octanol–water partition coefficient (Wildman–Crippen LogP) is 5.64. The largest absolute Gasteiger partial charge is 0.477 e. The number of nitriles is 1. The van der Waals surface area contributed by atoms with Gasteiger partial charge in [-0.1, -0.05) is 35.7 Å². The number of thiophene rings is 2. The van der Waals surface area contributed by atoms with E-state index < -0.39 is 5.97 Å². The summed E-state index contributed by atoms with van der Waals surface area (Å²) in [6.07, 6.45) is 0.642. The minimum absolute atomic E-state index is 0.0534. The topological polar surface area (TPSA) is 84.6 Å². The molecular weight excluding hydrogens is 531 g/mol. The van der Waals surface area contributed by atoms with Crippen LogP contribution in [-0.4, -0.2) is 57.5 Å². The minimum atomic E-state index is -0.914.